The van der Waals surface area contributed by atoms with E-state index in [0.29, 0.717) is 5.92 Å². The van der Waals surface area contributed by atoms with Crippen LogP contribution in [-0.4, -0.2) is 11.9 Å². The predicted molar refractivity (Wildman–Crippen MR) is 103 cm³/mol. The molecule has 6 heteroatoms. The van der Waals surface area contributed by atoms with E-state index in [1.165, 1.54) is 6.92 Å². The maximum absolute atomic E-state index is 12.4. The normalized spacial score (nSPS) is 13.2. The largest absolute Gasteiger partial charge is 0.332 e. The maximum Gasteiger partial charge on any atom is 0.315 e. The summed E-state index contributed by atoms with van der Waals surface area (Å²) in [6, 6.07) is 11.1. The fourth-order valence-electron chi connectivity index (χ4n) is 2.59. The zero-order chi connectivity index (χ0) is 18.4. The summed E-state index contributed by atoms with van der Waals surface area (Å²) >= 11 is 1.64. The van der Waals surface area contributed by atoms with Gasteiger partial charge >= 0.3 is 6.03 Å². The van der Waals surface area contributed by atoms with Crippen LogP contribution in [-0.2, 0) is 4.79 Å². The molecule has 0 spiro atoms. The third kappa shape index (κ3) is 5.60. The molecule has 25 heavy (non-hydrogen) atoms. The molecule has 2 unspecified atom stereocenters. The Kier molecular flexibility index (Phi) is 6.58. The second-order valence-corrected chi connectivity index (χ2v) is 7.36. The monoisotopic (exact) mass is 359 g/mol. The molecule has 0 saturated heterocycles. The van der Waals surface area contributed by atoms with Crippen LogP contribution in [0.1, 0.15) is 50.2 Å². The highest BCUT2D eigenvalue weighted by Gasteiger charge is 2.20. The van der Waals surface area contributed by atoms with Crippen molar-refractivity contribution >= 4 is 29.0 Å². The average Bonchev–Trinajstić information content (AvgIpc) is 3.06. The number of carbonyl (C=O) groups excluding carboxylic acids is 2. The number of thiophene rings is 1. The molecule has 2 atom stereocenters. The molecule has 1 heterocycles. The molecule has 3 amide bonds. The van der Waals surface area contributed by atoms with Crippen LogP contribution >= 0.6 is 11.3 Å². The van der Waals surface area contributed by atoms with Crippen LogP contribution in [0.5, 0.6) is 0 Å². The molecule has 2 rings (SSSR count). The second kappa shape index (κ2) is 8.67. The minimum Gasteiger partial charge on any atom is -0.332 e. The van der Waals surface area contributed by atoms with Crippen molar-refractivity contribution in [3.63, 3.8) is 0 Å². The Labute approximate surface area is 152 Å². The van der Waals surface area contributed by atoms with Crippen molar-refractivity contribution in [3.8, 4) is 0 Å². The van der Waals surface area contributed by atoms with Gasteiger partial charge in [-0.05, 0) is 42.0 Å². The molecule has 134 valence electrons. The van der Waals surface area contributed by atoms with Gasteiger partial charge in [-0.25, -0.2) is 4.79 Å². The number of benzene rings is 1. The van der Waals surface area contributed by atoms with Crippen molar-refractivity contribution in [3.05, 3.63) is 52.2 Å². The van der Waals surface area contributed by atoms with E-state index in [2.05, 4.69) is 29.8 Å². The third-order valence-corrected chi connectivity index (χ3v) is 4.81. The molecule has 0 fully saturated rings. The molecule has 5 nitrogen and oxygen atoms in total. The highest BCUT2D eigenvalue weighted by atomic mass is 32.1. The first-order chi connectivity index (χ1) is 11.9. The van der Waals surface area contributed by atoms with Crippen LogP contribution in [0.15, 0.2) is 41.8 Å². The third-order valence-electron chi connectivity index (χ3n) is 3.86. The molecule has 0 aliphatic rings. The smallest absolute Gasteiger partial charge is 0.315 e. The molecule has 0 saturated carbocycles. The van der Waals surface area contributed by atoms with E-state index in [0.717, 1.165) is 16.1 Å². The lowest BCUT2D eigenvalue weighted by Gasteiger charge is -2.23. The quantitative estimate of drug-likeness (QED) is 0.712. The molecule has 3 N–H and O–H groups in total. The molecule has 0 aliphatic carbocycles. The number of hydrogen-bond donors (Lipinski definition) is 3. The number of nitrogens with one attached hydrogen (secondary N) is 3. The van der Waals surface area contributed by atoms with E-state index >= 15 is 0 Å². The summed E-state index contributed by atoms with van der Waals surface area (Å²) in [6.45, 7) is 7.57. The first kappa shape index (κ1) is 19.0. The summed E-state index contributed by atoms with van der Waals surface area (Å²) in [5.74, 6) is 0.175. The zero-order valence-corrected chi connectivity index (χ0v) is 15.8. The Morgan fingerprint density at radius 2 is 1.80 bits per heavy atom. The van der Waals surface area contributed by atoms with Crippen LogP contribution < -0.4 is 16.0 Å². The number of hydrogen-bond acceptors (Lipinski definition) is 3. The van der Waals surface area contributed by atoms with Gasteiger partial charge in [0.15, 0.2) is 0 Å². The molecule has 2 aromatic rings. The lowest BCUT2D eigenvalue weighted by molar-refractivity contribution is -0.114. The average molecular weight is 359 g/mol. The Bertz CT molecular complexity index is 713. The lowest BCUT2D eigenvalue weighted by atomic mass is 10.0. The topological polar surface area (TPSA) is 70.2 Å². The minimum absolute atomic E-state index is 0.0158. The van der Waals surface area contributed by atoms with Gasteiger partial charge in [0.25, 0.3) is 0 Å². The zero-order valence-electron chi connectivity index (χ0n) is 15.0. The highest BCUT2D eigenvalue weighted by molar-refractivity contribution is 7.10. The maximum atomic E-state index is 12.4. The van der Waals surface area contributed by atoms with E-state index < -0.39 is 0 Å². The van der Waals surface area contributed by atoms with E-state index in [1.807, 2.05) is 48.7 Å². The van der Waals surface area contributed by atoms with Crippen LogP contribution in [0.25, 0.3) is 0 Å². The van der Waals surface area contributed by atoms with E-state index in [-0.39, 0.29) is 24.0 Å². The Hall–Kier alpha value is -2.34. The van der Waals surface area contributed by atoms with E-state index in [1.54, 1.807) is 11.3 Å². The summed E-state index contributed by atoms with van der Waals surface area (Å²) < 4.78 is 0. The number of carbonyl (C=O) groups is 2. The highest BCUT2D eigenvalue weighted by Crippen LogP contribution is 2.26. The van der Waals surface area contributed by atoms with Crippen molar-refractivity contribution in [2.24, 2.45) is 5.92 Å². The Balaban J connectivity index is 2.01. The van der Waals surface area contributed by atoms with Crippen LogP contribution in [0.2, 0.25) is 0 Å². The minimum atomic E-state index is -0.204. The van der Waals surface area contributed by atoms with Gasteiger partial charge in [-0.2, -0.15) is 0 Å². The second-order valence-electron chi connectivity index (χ2n) is 6.38. The van der Waals surface area contributed by atoms with Crippen LogP contribution in [0.3, 0.4) is 0 Å². The van der Waals surface area contributed by atoms with Gasteiger partial charge in [0.1, 0.15) is 0 Å². The summed E-state index contributed by atoms with van der Waals surface area (Å²) in [5, 5.41) is 10.8. The van der Waals surface area contributed by atoms with Crippen molar-refractivity contribution in [2.75, 3.05) is 5.32 Å². The summed E-state index contributed by atoms with van der Waals surface area (Å²) in [5.41, 5.74) is 1.65. The van der Waals surface area contributed by atoms with Gasteiger partial charge < -0.3 is 16.0 Å². The van der Waals surface area contributed by atoms with Gasteiger partial charge in [-0.15, -0.1) is 11.3 Å². The Morgan fingerprint density at radius 1 is 1.04 bits per heavy atom. The molecule has 0 aliphatic heterocycles. The summed E-state index contributed by atoms with van der Waals surface area (Å²) in [7, 11) is 0. The van der Waals surface area contributed by atoms with Crippen LogP contribution in [0.4, 0.5) is 10.5 Å². The van der Waals surface area contributed by atoms with Crippen molar-refractivity contribution in [1.29, 1.82) is 0 Å². The van der Waals surface area contributed by atoms with Crippen molar-refractivity contribution < 1.29 is 9.59 Å². The number of urea groups is 1. The molecule has 1 aromatic heterocycles. The standard InChI is InChI=1S/C19H25N3O2S/c1-12(2)18(17-9-6-10-25-17)22-19(24)20-13(3)15-7-5-8-16(11-15)21-14(4)23/h5-13,18H,1-4H3,(H,21,23)(H2,20,22,24). The summed E-state index contributed by atoms with van der Waals surface area (Å²) in [4.78, 5) is 24.7. The fraction of sp³-hybridized carbons (Fsp3) is 0.368. The number of anilines is 1. The SMILES string of the molecule is CC(=O)Nc1cccc(C(C)NC(=O)NC(c2cccs2)C(C)C)c1. The van der Waals surface area contributed by atoms with Gasteiger partial charge in [-0.3, -0.25) is 4.79 Å². The van der Waals surface area contributed by atoms with Gasteiger partial charge in [0, 0.05) is 17.5 Å². The first-order valence-electron chi connectivity index (χ1n) is 8.34. The number of rotatable bonds is 6. The molecular weight excluding hydrogens is 334 g/mol. The summed E-state index contributed by atoms with van der Waals surface area (Å²) in [6.07, 6.45) is 0. The molecule has 1 aromatic carbocycles. The van der Waals surface area contributed by atoms with Crippen LogP contribution in [0, 0.1) is 5.92 Å². The lowest BCUT2D eigenvalue weighted by Crippen LogP contribution is -2.40. The molecule has 0 radical (unpaired) electrons. The first-order valence-corrected chi connectivity index (χ1v) is 9.22. The fourth-order valence-corrected chi connectivity index (χ4v) is 3.54. The van der Waals surface area contributed by atoms with E-state index in [9.17, 15) is 9.59 Å². The van der Waals surface area contributed by atoms with Crippen molar-refractivity contribution in [2.45, 2.75) is 39.8 Å². The molecule has 0 bridgehead atoms. The van der Waals surface area contributed by atoms with Gasteiger partial charge in [-0.1, -0.05) is 32.0 Å². The Morgan fingerprint density at radius 3 is 2.40 bits per heavy atom. The van der Waals surface area contributed by atoms with Crippen molar-refractivity contribution in [1.82, 2.24) is 10.6 Å². The molecular formula is C19H25N3O2S. The van der Waals surface area contributed by atoms with E-state index in [4.69, 9.17) is 0 Å². The predicted octanol–water partition coefficient (Wildman–Crippen LogP) is 4.46. The van der Waals surface area contributed by atoms with Gasteiger partial charge in [0.05, 0.1) is 12.1 Å². The number of amides is 3. The van der Waals surface area contributed by atoms with Gasteiger partial charge in [0.2, 0.25) is 5.91 Å².